The molecule has 4 aliphatic rings. The molecule has 4 atom stereocenters. The van der Waals surface area contributed by atoms with Crippen LogP contribution in [0.15, 0.2) is 66.9 Å². The van der Waals surface area contributed by atoms with Gasteiger partial charge in [0.1, 0.15) is 29.0 Å². The van der Waals surface area contributed by atoms with E-state index >= 15 is 0 Å². The van der Waals surface area contributed by atoms with Gasteiger partial charge in [-0.2, -0.15) is 0 Å². The fourth-order valence-corrected chi connectivity index (χ4v) is 9.97. The molecule has 1 saturated carbocycles. The van der Waals surface area contributed by atoms with Crippen LogP contribution in [0.1, 0.15) is 83.9 Å². The SMILES string of the molecule is CNC[C@@]1(OCNC2CCCCC2)Cc2c3c(c4c(c2O[C@@H]1c1ccc(O)c(OC)c1)CC[C@H](CO)O4)-c1ccc(O)cc1[C@@H](Cc1ccc2[nH]ccc2c1)C3. The quantitative estimate of drug-likeness (QED) is 0.0764. The van der Waals surface area contributed by atoms with E-state index in [4.69, 9.17) is 18.9 Å². The third-order valence-corrected chi connectivity index (χ3v) is 12.7. The third-order valence-electron chi connectivity index (χ3n) is 12.7. The van der Waals surface area contributed by atoms with Gasteiger partial charge in [-0.05, 0) is 127 Å². The molecule has 1 aromatic heterocycles. The molecule has 2 aliphatic carbocycles. The van der Waals surface area contributed by atoms with Crippen molar-refractivity contribution in [2.45, 2.75) is 94.0 Å². The van der Waals surface area contributed by atoms with Crippen LogP contribution < -0.4 is 24.8 Å². The van der Waals surface area contributed by atoms with Gasteiger partial charge in [-0.3, -0.25) is 5.32 Å². The van der Waals surface area contributed by atoms with Crippen LogP contribution in [0.5, 0.6) is 28.7 Å². The second-order valence-corrected chi connectivity index (χ2v) is 16.2. The van der Waals surface area contributed by atoms with E-state index in [1.54, 1.807) is 19.2 Å². The minimum absolute atomic E-state index is 0.0621. The Hall–Kier alpha value is -4.74. The molecule has 3 heterocycles. The highest BCUT2D eigenvalue weighted by Gasteiger charge is 2.50. The molecular formula is C46H53N3O7. The standard InChI is InChI=1S/C46H53N3O7/c1-47-25-46(54-26-49-31-6-4-3-5-7-31)23-38-37-20-30(19-27-8-14-39-28(18-27)16-17-48-39)36-22-32(51)10-12-34(36)42(37)44-35(13-11-33(24-50)55-44)43(38)56-45(46)29-9-15-40(52)41(21-29)53-2/h8-10,12,14-18,21-22,30-31,33,45,47-52H,3-7,11,13,19-20,23-26H2,1-2H3/t30-,33+,45+,46-/m0/s1. The summed E-state index contributed by atoms with van der Waals surface area (Å²) in [6.45, 7) is 0.797. The molecule has 2 aliphatic heterocycles. The lowest BCUT2D eigenvalue weighted by atomic mass is 9.70. The Morgan fingerprint density at radius 2 is 1.79 bits per heavy atom. The number of benzene rings is 4. The first-order valence-corrected chi connectivity index (χ1v) is 20.3. The van der Waals surface area contributed by atoms with Crippen LogP contribution in [0.2, 0.25) is 0 Å². The number of aromatic amines is 1. The number of aromatic nitrogens is 1. The molecule has 0 amide bonds. The molecule has 0 radical (unpaired) electrons. The summed E-state index contributed by atoms with van der Waals surface area (Å²) in [4.78, 5) is 3.31. The summed E-state index contributed by atoms with van der Waals surface area (Å²) in [5, 5.41) is 40.3. The molecule has 0 bridgehead atoms. The van der Waals surface area contributed by atoms with Gasteiger partial charge in [-0.15, -0.1) is 0 Å². The lowest BCUT2D eigenvalue weighted by Crippen LogP contribution is -2.55. The molecule has 0 spiro atoms. The van der Waals surface area contributed by atoms with Crippen LogP contribution >= 0.6 is 0 Å². The van der Waals surface area contributed by atoms with E-state index in [-0.39, 0.29) is 30.1 Å². The van der Waals surface area contributed by atoms with E-state index < -0.39 is 11.7 Å². The highest BCUT2D eigenvalue weighted by atomic mass is 16.6. The summed E-state index contributed by atoms with van der Waals surface area (Å²) in [6.07, 6.45) is 10.5. The number of hydrogen-bond donors (Lipinski definition) is 6. The van der Waals surface area contributed by atoms with Gasteiger partial charge in [0, 0.05) is 47.4 Å². The van der Waals surface area contributed by atoms with Gasteiger partial charge in [0.15, 0.2) is 17.6 Å². The lowest BCUT2D eigenvalue weighted by Gasteiger charge is -2.47. The van der Waals surface area contributed by atoms with Crippen molar-refractivity contribution in [3.05, 3.63) is 100 Å². The zero-order valence-electron chi connectivity index (χ0n) is 32.3. The van der Waals surface area contributed by atoms with Crippen LogP contribution in [0.3, 0.4) is 0 Å². The molecule has 0 saturated heterocycles. The van der Waals surface area contributed by atoms with E-state index in [0.717, 1.165) is 75.2 Å². The van der Waals surface area contributed by atoms with Gasteiger partial charge in [-0.1, -0.05) is 37.5 Å². The molecule has 4 aromatic carbocycles. The minimum atomic E-state index is -0.847. The number of nitrogens with one attached hydrogen (secondary N) is 3. The molecule has 1 fully saturated rings. The summed E-state index contributed by atoms with van der Waals surface area (Å²) in [5.74, 6) is 2.31. The van der Waals surface area contributed by atoms with Crippen molar-refractivity contribution in [3.63, 3.8) is 0 Å². The third kappa shape index (κ3) is 6.66. The van der Waals surface area contributed by atoms with Crippen molar-refractivity contribution < 1.29 is 34.3 Å². The number of aliphatic hydroxyl groups excluding tert-OH is 1. The second-order valence-electron chi connectivity index (χ2n) is 16.2. The normalized spacial score (nSPS) is 23.0. The average Bonchev–Trinajstić information content (AvgIpc) is 3.69. The number of aliphatic hydroxyl groups is 1. The average molecular weight is 760 g/mol. The number of phenolic OH excluding ortho intramolecular Hbond substituents is 2. The first-order chi connectivity index (χ1) is 27.4. The number of rotatable bonds is 11. The molecule has 294 valence electrons. The number of phenols is 2. The number of H-pyrrole nitrogens is 1. The Labute approximate surface area is 328 Å². The Kier molecular flexibility index (Phi) is 10.1. The number of fused-ring (bicyclic) bond motifs is 9. The maximum atomic E-state index is 10.9. The van der Waals surface area contributed by atoms with Gasteiger partial charge in [0.2, 0.25) is 0 Å². The monoisotopic (exact) mass is 759 g/mol. The number of methoxy groups -OCH3 is 1. The van der Waals surface area contributed by atoms with Gasteiger partial charge < -0.3 is 44.6 Å². The summed E-state index contributed by atoms with van der Waals surface area (Å²) in [5.41, 5.74) is 8.75. The Bertz CT molecular complexity index is 2230. The molecule has 0 unspecified atom stereocenters. The van der Waals surface area contributed by atoms with Crippen LogP contribution in [0.25, 0.3) is 22.0 Å². The fraction of sp³-hybridized carbons (Fsp3) is 0.435. The van der Waals surface area contributed by atoms with Crippen molar-refractivity contribution in [3.8, 4) is 39.9 Å². The van der Waals surface area contributed by atoms with Crippen LogP contribution in [-0.2, 0) is 30.4 Å². The van der Waals surface area contributed by atoms with Crippen molar-refractivity contribution in [1.29, 1.82) is 0 Å². The highest BCUT2D eigenvalue weighted by Crippen LogP contribution is 2.57. The van der Waals surface area contributed by atoms with Crippen molar-refractivity contribution in [2.24, 2.45) is 0 Å². The number of aromatic hydroxyl groups is 2. The summed E-state index contributed by atoms with van der Waals surface area (Å²) >= 11 is 0. The predicted octanol–water partition coefficient (Wildman–Crippen LogP) is 7.35. The van der Waals surface area contributed by atoms with E-state index in [1.807, 2.05) is 37.5 Å². The smallest absolute Gasteiger partial charge is 0.160 e. The Morgan fingerprint density at radius 1 is 0.911 bits per heavy atom. The van der Waals surface area contributed by atoms with Gasteiger partial charge in [-0.25, -0.2) is 0 Å². The maximum Gasteiger partial charge on any atom is 0.160 e. The number of hydrogen-bond acceptors (Lipinski definition) is 9. The minimum Gasteiger partial charge on any atom is -0.508 e. The Balaban J connectivity index is 1.21. The fourth-order valence-electron chi connectivity index (χ4n) is 9.97. The maximum absolute atomic E-state index is 10.9. The largest absolute Gasteiger partial charge is 0.508 e. The molecule has 5 aromatic rings. The van der Waals surface area contributed by atoms with Gasteiger partial charge in [0.05, 0.1) is 20.4 Å². The van der Waals surface area contributed by atoms with Crippen molar-refractivity contribution in [2.75, 3.05) is 34.0 Å². The molecule has 10 heteroatoms. The Morgan fingerprint density at radius 3 is 2.61 bits per heavy atom. The molecule has 9 rings (SSSR count). The second kappa shape index (κ2) is 15.3. The van der Waals surface area contributed by atoms with Gasteiger partial charge >= 0.3 is 0 Å². The lowest BCUT2D eigenvalue weighted by molar-refractivity contribution is -0.131. The number of likely N-dealkylation sites (N-methyl/N-ethyl adjacent to an activating group) is 1. The molecule has 6 N–H and O–H groups in total. The summed E-state index contributed by atoms with van der Waals surface area (Å²) in [7, 11) is 3.51. The zero-order valence-corrected chi connectivity index (χ0v) is 32.3. The van der Waals surface area contributed by atoms with Crippen LogP contribution in [0.4, 0.5) is 0 Å². The number of ether oxygens (including phenoxy) is 4. The van der Waals surface area contributed by atoms with Crippen LogP contribution in [-0.4, -0.2) is 72.1 Å². The van der Waals surface area contributed by atoms with E-state index in [1.165, 1.54) is 30.2 Å². The van der Waals surface area contributed by atoms with Crippen molar-refractivity contribution in [1.82, 2.24) is 15.6 Å². The van der Waals surface area contributed by atoms with E-state index in [0.29, 0.717) is 50.8 Å². The van der Waals surface area contributed by atoms with E-state index in [2.05, 4.69) is 39.9 Å². The van der Waals surface area contributed by atoms with Gasteiger partial charge in [0.25, 0.3) is 0 Å². The zero-order chi connectivity index (χ0) is 38.4. The van der Waals surface area contributed by atoms with Crippen LogP contribution in [0, 0.1) is 0 Å². The van der Waals surface area contributed by atoms with E-state index in [9.17, 15) is 15.3 Å². The molecule has 10 nitrogen and oxygen atoms in total. The topological polar surface area (TPSA) is 137 Å². The molecule has 56 heavy (non-hydrogen) atoms. The predicted molar refractivity (Wildman–Crippen MR) is 216 cm³/mol. The summed E-state index contributed by atoms with van der Waals surface area (Å²) in [6, 6.07) is 20.3. The van der Waals surface area contributed by atoms with Crippen molar-refractivity contribution >= 4 is 10.9 Å². The first-order valence-electron chi connectivity index (χ1n) is 20.3. The first kappa shape index (κ1) is 36.9. The highest BCUT2D eigenvalue weighted by molar-refractivity contribution is 5.85. The summed E-state index contributed by atoms with van der Waals surface area (Å²) < 4.78 is 26.9. The molecular weight excluding hydrogens is 707 g/mol.